The maximum Gasteiger partial charge on any atom is 0.228 e. The minimum Gasteiger partial charge on any atom is -0.338 e. The third kappa shape index (κ3) is 2.68. The number of hydrogen-bond acceptors (Lipinski definition) is 2. The van der Waals surface area contributed by atoms with Crippen LogP contribution in [0.3, 0.4) is 0 Å². The van der Waals surface area contributed by atoms with Crippen LogP contribution < -0.4 is 4.90 Å². The molecule has 0 bridgehead atoms. The fraction of sp³-hybridized carbons (Fsp3) is 0.300. The largest absolute Gasteiger partial charge is 0.338 e. The van der Waals surface area contributed by atoms with Gasteiger partial charge in [-0.3, -0.25) is 9.59 Å². The van der Waals surface area contributed by atoms with Gasteiger partial charge in [0.25, 0.3) is 0 Å². The summed E-state index contributed by atoms with van der Waals surface area (Å²) in [4.78, 5) is 28.9. The SMILES string of the molecule is O=C(C1CC(=O)N(c2ccccc2)C1)N1CCc2ccccc2C1. The van der Waals surface area contributed by atoms with E-state index in [0.717, 1.165) is 18.7 Å². The van der Waals surface area contributed by atoms with Crippen molar-refractivity contribution in [2.45, 2.75) is 19.4 Å². The Hall–Kier alpha value is -2.62. The van der Waals surface area contributed by atoms with Crippen molar-refractivity contribution in [2.24, 2.45) is 5.92 Å². The average Bonchev–Trinajstić information content (AvgIpc) is 3.03. The lowest BCUT2D eigenvalue weighted by Crippen LogP contribution is -2.40. The molecular weight excluding hydrogens is 300 g/mol. The van der Waals surface area contributed by atoms with Crippen LogP contribution in [0, 0.1) is 5.92 Å². The predicted molar refractivity (Wildman–Crippen MR) is 92.5 cm³/mol. The fourth-order valence-electron chi connectivity index (χ4n) is 3.67. The van der Waals surface area contributed by atoms with Gasteiger partial charge in [0.1, 0.15) is 0 Å². The van der Waals surface area contributed by atoms with Gasteiger partial charge in [0.2, 0.25) is 11.8 Å². The third-order valence-corrected chi connectivity index (χ3v) is 4.98. The summed E-state index contributed by atoms with van der Waals surface area (Å²) < 4.78 is 0. The molecule has 1 saturated heterocycles. The van der Waals surface area contributed by atoms with E-state index < -0.39 is 0 Å². The number of carbonyl (C=O) groups excluding carboxylic acids is 2. The van der Waals surface area contributed by atoms with E-state index in [-0.39, 0.29) is 17.7 Å². The number of hydrogen-bond donors (Lipinski definition) is 0. The molecule has 2 aromatic carbocycles. The number of nitrogens with zero attached hydrogens (tertiary/aromatic N) is 2. The van der Waals surface area contributed by atoms with Crippen molar-refractivity contribution >= 4 is 17.5 Å². The summed E-state index contributed by atoms with van der Waals surface area (Å²) in [6.07, 6.45) is 1.21. The lowest BCUT2D eigenvalue weighted by atomic mass is 9.98. The summed E-state index contributed by atoms with van der Waals surface area (Å²) in [6, 6.07) is 17.9. The molecule has 0 radical (unpaired) electrons. The molecule has 2 aromatic rings. The van der Waals surface area contributed by atoms with E-state index in [1.54, 1.807) is 4.90 Å². The first kappa shape index (κ1) is 14.9. The first-order valence-electron chi connectivity index (χ1n) is 8.43. The zero-order valence-electron chi connectivity index (χ0n) is 13.5. The molecule has 2 amide bonds. The van der Waals surface area contributed by atoms with Crippen LogP contribution in [0.2, 0.25) is 0 Å². The lowest BCUT2D eigenvalue weighted by molar-refractivity contribution is -0.136. The summed E-state index contributed by atoms with van der Waals surface area (Å²) in [5.74, 6) is -0.0868. The first-order chi connectivity index (χ1) is 11.7. The monoisotopic (exact) mass is 320 g/mol. The van der Waals surface area contributed by atoms with Gasteiger partial charge in [0.15, 0.2) is 0 Å². The second-order valence-electron chi connectivity index (χ2n) is 6.52. The summed E-state index contributed by atoms with van der Waals surface area (Å²) >= 11 is 0. The normalized spacial score (nSPS) is 20.2. The van der Waals surface area contributed by atoms with E-state index >= 15 is 0 Å². The molecule has 2 heterocycles. The second-order valence-corrected chi connectivity index (χ2v) is 6.52. The van der Waals surface area contributed by atoms with Crippen molar-refractivity contribution in [3.05, 3.63) is 65.7 Å². The van der Waals surface area contributed by atoms with Crippen molar-refractivity contribution in [1.82, 2.24) is 4.90 Å². The molecule has 2 aliphatic rings. The van der Waals surface area contributed by atoms with Crippen molar-refractivity contribution in [2.75, 3.05) is 18.0 Å². The van der Waals surface area contributed by atoms with Gasteiger partial charge >= 0.3 is 0 Å². The Morgan fingerprint density at radius 2 is 1.67 bits per heavy atom. The van der Waals surface area contributed by atoms with Crippen LogP contribution in [-0.4, -0.2) is 29.8 Å². The van der Waals surface area contributed by atoms with Gasteiger partial charge in [0.05, 0.1) is 5.92 Å². The van der Waals surface area contributed by atoms with E-state index in [4.69, 9.17) is 0 Å². The maximum atomic E-state index is 12.9. The van der Waals surface area contributed by atoms with Gasteiger partial charge < -0.3 is 9.80 Å². The topological polar surface area (TPSA) is 40.6 Å². The number of amides is 2. The van der Waals surface area contributed by atoms with Crippen molar-refractivity contribution in [3.63, 3.8) is 0 Å². The molecule has 122 valence electrons. The number of rotatable bonds is 2. The molecule has 0 saturated carbocycles. The Morgan fingerprint density at radius 1 is 0.958 bits per heavy atom. The minimum absolute atomic E-state index is 0.0389. The molecule has 1 unspecified atom stereocenters. The average molecular weight is 320 g/mol. The molecule has 4 nitrogen and oxygen atoms in total. The number of fused-ring (bicyclic) bond motifs is 1. The highest BCUT2D eigenvalue weighted by molar-refractivity contribution is 6.00. The molecular formula is C20H20N2O2. The van der Waals surface area contributed by atoms with E-state index in [1.807, 2.05) is 47.4 Å². The highest BCUT2D eigenvalue weighted by Crippen LogP contribution is 2.28. The van der Waals surface area contributed by atoms with E-state index in [1.165, 1.54) is 11.1 Å². The van der Waals surface area contributed by atoms with Gasteiger partial charge in [0, 0.05) is 31.7 Å². The lowest BCUT2D eigenvalue weighted by Gasteiger charge is -2.30. The van der Waals surface area contributed by atoms with E-state index in [2.05, 4.69) is 12.1 Å². The Labute approximate surface area is 141 Å². The molecule has 0 aromatic heterocycles. The zero-order chi connectivity index (χ0) is 16.5. The summed E-state index contributed by atoms with van der Waals surface area (Å²) in [7, 11) is 0. The van der Waals surface area contributed by atoms with Crippen LogP contribution in [0.5, 0.6) is 0 Å². The smallest absolute Gasteiger partial charge is 0.228 e. The Bertz CT molecular complexity index is 772. The number of para-hydroxylation sites is 1. The van der Waals surface area contributed by atoms with Crippen LogP contribution in [0.25, 0.3) is 0 Å². The molecule has 4 rings (SSSR count). The van der Waals surface area contributed by atoms with Crippen molar-refractivity contribution in [3.8, 4) is 0 Å². The van der Waals surface area contributed by atoms with Gasteiger partial charge in [-0.2, -0.15) is 0 Å². The quantitative estimate of drug-likeness (QED) is 0.853. The Kier molecular flexibility index (Phi) is 3.81. The third-order valence-electron chi connectivity index (χ3n) is 4.98. The molecule has 24 heavy (non-hydrogen) atoms. The molecule has 0 spiro atoms. The highest BCUT2D eigenvalue weighted by atomic mass is 16.2. The molecule has 2 aliphatic heterocycles. The van der Waals surface area contributed by atoms with Gasteiger partial charge in [-0.05, 0) is 29.7 Å². The van der Waals surface area contributed by atoms with E-state index in [0.29, 0.717) is 19.5 Å². The van der Waals surface area contributed by atoms with Crippen LogP contribution >= 0.6 is 0 Å². The first-order valence-corrected chi connectivity index (χ1v) is 8.43. The van der Waals surface area contributed by atoms with Crippen LogP contribution in [0.15, 0.2) is 54.6 Å². The zero-order valence-corrected chi connectivity index (χ0v) is 13.5. The second kappa shape index (κ2) is 6.11. The number of benzene rings is 2. The Balaban J connectivity index is 1.47. The number of anilines is 1. The standard InChI is InChI=1S/C20H20N2O2/c23-19-12-17(14-22(19)18-8-2-1-3-9-18)20(24)21-11-10-15-6-4-5-7-16(15)13-21/h1-9,17H,10-14H2. The van der Waals surface area contributed by atoms with Crippen molar-refractivity contribution < 1.29 is 9.59 Å². The molecule has 0 N–H and O–H groups in total. The van der Waals surface area contributed by atoms with E-state index in [9.17, 15) is 9.59 Å². The number of carbonyl (C=O) groups is 2. The maximum absolute atomic E-state index is 12.9. The van der Waals surface area contributed by atoms with Crippen LogP contribution in [0.4, 0.5) is 5.69 Å². The molecule has 1 fully saturated rings. The van der Waals surface area contributed by atoms with Crippen LogP contribution in [0.1, 0.15) is 17.5 Å². The molecule has 4 heteroatoms. The molecule has 1 atom stereocenters. The van der Waals surface area contributed by atoms with Crippen LogP contribution in [-0.2, 0) is 22.6 Å². The van der Waals surface area contributed by atoms with Crippen molar-refractivity contribution in [1.29, 1.82) is 0 Å². The summed E-state index contributed by atoms with van der Waals surface area (Å²) in [5.41, 5.74) is 3.43. The Morgan fingerprint density at radius 3 is 2.46 bits per heavy atom. The van der Waals surface area contributed by atoms with Gasteiger partial charge in [-0.15, -0.1) is 0 Å². The summed E-state index contributed by atoms with van der Waals surface area (Å²) in [6.45, 7) is 1.89. The predicted octanol–water partition coefficient (Wildman–Crippen LogP) is 2.62. The summed E-state index contributed by atoms with van der Waals surface area (Å²) in [5, 5.41) is 0. The molecule has 0 aliphatic carbocycles. The highest BCUT2D eigenvalue weighted by Gasteiger charge is 2.37. The van der Waals surface area contributed by atoms with Gasteiger partial charge in [-0.1, -0.05) is 42.5 Å². The fourth-order valence-corrected chi connectivity index (χ4v) is 3.67. The van der Waals surface area contributed by atoms with Gasteiger partial charge in [-0.25, -0.2) is 0 Å². The minimum atomic E-state index is -0.233.